The molecule has 0 aliphatic heterocycles. The lowest BCUT2D eigenvalue weighted by atomic mass is 10.1. The van der Waals surface area contributed by atoms with Crippen LogP contribution in [0.3, 0.4) is 0 Å². The predicted molar refractivity (Wildman–Crippen MR) is 60.0 cm³/mol. The van der Waals surface area contributed by atoms with Crippen LogP contribution in [0.25, 0.3) is 0 Å². The van der Waals surface area contributed by atoms with Crippen molar-refractivity contribution in [2.24, 2.45) is 0 Å². The molecule has 1 N–H and O–H groups in total. The summed E-state index contributed by atoms with van der Waals surface area (Å²) in [7, 11) is 2.00. The molecule has 2 heteroatoms. The Morgan fingerprint density at radius 2 is 2.00 bits per heavy atom. The first-order valence-corrected chi connectivity index (χ1v) is 5.14. The fraction of sp³-hybridized carbons (Fsp3) is 0.818. The van der Waals surface area contributed by atoms with Crippen molar-refractivity contribution in [3.05, 3.63) is 12.7 Å². The highest BCUT2D eigenvalue weighted by molar-refractivity contribution is 4.79. The minimum atomic E-state index is 0.602. The summed E-state index contributed by atoms with van der Waals surface area (Å²) >= 11 is 0. The van der Waals surface area contributed by atoms with E-state index in [4.69, 9.17) is 0 Å². The maximum atomic E-state index is 3.79. The molecular formula is C11H24N2. The van der Waals surface area contributed by atoms with Crippen LogP contribution in [0, 0.1) is 0 Å². The topological polar surface area (TPSA) is 15.3 Å². The van der Waals surface area contributed by atoms with Gasteiger partial charge in [-0.1, -0.05) is 6.08 Å². The fourth-order valence-electron chi connectivity index (χ4n) is 1.57. The van der Waals surface area contributed by atoms with Crippen LogP contribution in [0.2, 0.25) is 0 Å². The molecule has 13 heavy (non-hydrogen) atoms. The van der Waals surface area contributed by atoms with E-state index < -0.39 is 0 Å². The first kappa shape index (κ1) is 12.7. The fourth-order valence-corrected chi connectivity index (χ4v) is 1.57. The Morgan fingerprint density at radius 3 is 2.38 bits per heavy atom. The summed E-state index contributed by atoms with van der Waals surface area (Å²) < 4.78 is 0. The zero-order chi connectivity index (χ0) is 10.3. The van der Waals surface area contributed by atoms with E-state index in [1.54, 1.807) is 0 Å². The highest BCUT2D eigenvalue weighted by atomic mass is 15.2. The van der Waals surface area contributed by atoms with Gasteiger partial charge in [0.15, 0.2) is 0 Å². The third kappa shape index (κ3) is 5.06. The van der Waals surface area contributed by atoms with Crippen LogP contribution in [0.1, 0.15) is 27.2 Å². The van der Waals surface area contributed by atoms with Crippen LogP contribution >= 0.6 is 0 Å². The van der Waals surface area contributed by atoms with E-state index in [-0.39, 0.29) is 0 Å². The van der Waals surface area contributed by atoms with Crippen molar-refractivity contribution in [2.75, 3.05) is 20.1 Å². The van der Waals surface area contributed by atoms with Gasteiger partial charge in [0.25, 0.3) is 0 Å². The summed E-state index contributed by atoms with van der Waals surface area (Å²) in [5.74, 6) is 0. The Balaban J connectivity index is 3.94. The Morgan fingerprint density at radius 1 is 1.38 bits per heavy atom. The van der Waals surface area contributed by atoms with Crippen molar-refractivity contribution < 1.29 is 0 Å². The van der Waals surface area contributed by atoms with Gasteiger partial charge in [-0.3, -0.25) is 4.90 Å². The molecule has 0 radical (unpaired) electrons. The summed E-state index contributed by atoms with van der Waals surface area (Å²) in [5, 5.41) is 3.18. The zero-order valence-corrected chi connectivity index (χ0v) is 9.51. The molecule has 0 aliphatic carbocycles. The van der Waals surface area contributed by atoms with Gasteiger partial charge >= 0.3 is 0 Å². The molecule has 0 rings (SSSR count). The number of nitrogens with one attached hydrogen (secondary N) is 1. The monoisotopic (exact) mass is 184 g/mol. The van der Waals surface area contributed by atoms with E-state index in [1.165, 1.54) is 6.42 Å². The lowest BCUT2D eigenvalue weighted by Crippen LogP contribution is -2.40. The second-order valence-electron chi connectivity index (χ2n) is 3.82. The van der Waals surface area contributed by atoms with Crippen LogP contribution in [0.4, 0.5) is 0 Å². The highest BCUT2D eigenvalue weighted by Gasteiger charge is 2.14. The molecule has 0 amide bonds. The molecule has 78 valence electrons. The third-order valence-corrected chi connectivity index (χ3v) is 2.38. The average molecular weight is 184 g/mol. The van der Waals surface area contributed by atoms with Crippen molar-refractivity contribution in [3.8, 4) is 0 Å². The van der Waals surface area contributed by atoms with E-state index in [9.17, 15) is 0 Å². The Hall–Kier alpha value is -0.340. The summed E-state index contributed by atoms with van der Waals surface area (Å²) in [5.41, 5.74) is 0. The van der Waals surface area contributed by atoms with Crippen LogP contribution in [0.5, 0.6) is 0 Å². The summed E-state index contributed by atoms with van der Waals surface area (Å²) in [6.45, 7) is 12.6. The standard InChI is InChI=1S/C11H24N2/c1-6-9-13(10(2)3)11(4)7-8-12-5/h6,10-12H,1,7-9H2,2-5H3. The summed E-state index contributed by atoms with van der Waals surface area (Å²) in [6, 6.07) is 1.23. The van der Waals surface area contributed by atoms with Crippen LogP contribution in [-0.4, -0.2) is 37.1 Å². The van der Waals surface area contributed by atoms with Crippen molar-refractivity contribution in [3.63, 3.8) is 0 Å². The molecule has 0 saturated carbocycles. The Bertz CT molecular complexity index is 132. The largest absolute Gasteiger partial charge is 0.320 e. The van der Waals surface area contributed by atoms with Gasteiger partial charge in [0, 0.05) is 18.6 Å². The second kappa shape index (κ2) is 7.10. The molecule has 0 aromatic carbocycles. The maximum absolute atomic E-state index is 3.79. The lowest BCUT2D eigenvalue weighted by molar-refractivity contribution is 0.176. The maximum Gasteiger partial charge on any atom is 0.0166 e. The number of nitrogens with zero attached hydrogens (tertiary/aromatic N) is 1. The van der Waals surface area contributed by atoms with Gasteiger partial charge in [-0.15, -0.1) is 6.58 Å². The van der Waals surface area contributed by atoms with Gasteiger partial charge in [-0.05, 0) is 40.8 Å². The number of hydrogen-bond donors (Lipinski definition) is 1. The van der Waals surface area contributed by atoms with E-state index >= 15 is 0 Å². The van der Waals surface area contributed by atoms with Crippen LogP contribution in [0.15, 0.2) is 12.7 Å². The van der Waals surface area contributed by atoms with Crippen molar-refractivity contribution in [1.29, 1.82) is 0 Å². The predicted octanol–water partition coefficient (Wildman–Crippen LogP) is 1.88. The van der Waals surface area contributed by atoms with Gasteiger partial charge < -0.3 is 5.32 Å². The Kier molecular flexibility index (Phi) is 6.92. The molecule has 0 aliphatic rings. The first-order chi connectivity index (χ1) is 6.13. The molecule has 2 nitrogen and oxygen atoms in total. The van der Waals surface area contributed by atoms with Gasteiger partial charge in [-0.2, -0.15) is 0 Å². The third-order valence-electron chi connectivity index (χ3n) is 2.38. The van der Waals surface area contributed by atoms with Crippen molar-refractivity contribution >= 4 is 0 Å². The van der Waals surface area contributed by atoms with Gasteiger partial charge in [0.05, 0.1) is 0 Å². The van der Waals surface area contributed by atoms with Gasteiger partial charge in [0.2, 0.25) is 0 Å². The number of rotatable bonds is 7. The zero-order valence-electron chi connectivity index (χ0n) is 9.51. The van der Waals surface area contributed by atoms with E-state index in [2.05, 4.69) is 37.6 Å². The summed E-state index contributed by atoms with van der Waals surface area (Å²) in [6.07, 6.45) is 3.18. The second-order valence-corrected chi connectivity index (χ2v) is 3.82. The number of hydrogen-bond acceptors (Lipinski definition) is 2. The minimum absolute atomic E-state index is 0.602. The van der Waals surface area contributed by atoms with E-state index in [0.29, 0.717) is 12.1 Å². The summed E-state index contributed by atoms with van der Waals surface area (Å²) in [4.78, 5) is 2.46. The normalized spacial score (nSPS) is 13.7. The highest BCUT2D eigenvalue weighted by Crippen LogP contribution is 2.07. The molecule has 0 heterocycles. The molecule has 0 saturated heterocycles. The lowest BCUT2D eigenvalue weighted by Gasteiger charge is -2.31. The molecule has 0 spiro atoms. The molecule has 0 bridgehead atoms. The van der Waals surface area contributed by atoms with Crippen molar-refractivity contribution in [1.82, 2.24) is 10.2 Å². The van der Waals surface area contributed by atoms with E-state index in [1.807, 2.05) is 13.1 Å². The molecule has 1 atom stereocenters. The average Bonchev–Trinajstić information content (AvgIpc) is 2.09. The van der Waals surface area contributed by atoms with Crippen LogP contribution in [-0.2, 0) is 0 Å². The van der Waals surface area contributed by atoms with Crippen LogP contribution < -0.4 is 5.32 Å². The molecule has 1 unspecified atom stereocenters. The van der Waals surface area contributed by atoms with E-state index in [0.717, 1.165) is 13.1 Å². The smallest absolute Gasteiger partial charge is 0.0166 e. The molecule has 0 fully saturated rings. The van der Waals surface area contributed by atoms with Gasteiger partial charge in [0.1, 0.15) is 0 Å². The molecular weight excluding hydrogens is 160 g/mol. The Labute approximate surface area is 83.0 Å². The quantitative estimate of drug-likeness (QED) is 0.608. The minimum Gasteiger partial charge on any atom is -0.320 e. The van der Waals surface area contributed by atoms with Gasteiger partial charge in [-0.25, -0.2) is 0 Å². The first-order valence-electron chi connectivity index (χ1n) is 5.14. The SMILES string of the molecule is C=CCN(C(C)C)C(C)CCNC. The van der Waals surface area contributed by atoms with Crippen molar-refractivity contribution in [2.45, 2.75) is 39.3 Å². The molecule has 0 aromatic rings. The molecule has 0 aromatic heterocycles.